The molecular formula is C47H27N3O. The molecule has 0 atom stereocenters. The van der Waals surface area contributed by atoms with Crippen molar-refractivity contribution >= 4 is 75.9 Å². The third-order valence-electron chi connectivity index (χ3n) is 10.3. The Bertz CT molecular complexity index is 3210. The summed E-state index contributed by atoms with van der Waals surface area (Å²) in [6, 6.07) is 55.2. The van der Waals surface area contributed by atoms with Crippen LogP contribution in [0.2, 0.25) is 0 Å². The number of furan rings is 1. The highest BCUT2D eigenvalue weighted by Crippen LogP contribution is 2.42. The zero-order valence-electron chi connectivity index (χ0n) is 27.3. The topological polar surface area (TPSA) is 51.8 Å². The van der Waals surface area contributed by atoms with Crippen LogP contribution in [0.25, 0.3) is 110 Å². The SMILES string of the molecule is c1ccc2c(c1)cc(-c1nc(-c3cc4c5ccccc5ncc4c4ccccc34)cc(-c3cccc4oc5ccccc5c34)n1)c1ccccc12. The Morgan fingerprint density at radius 1 is 0.373 bits per heavy atom. The van der Waals surface area contributed by atoms with E-state index >= 15 is 0 Å². The van der Waals surface area contributed by atoms with E-state index in [0.29, 0.717) is 5.82 Å². The maximum Gasteiger partial charge on any atom is 0.161 e. The molecule has 3 heterocycles. The number of para-hydroxylation sites is 2. The Labute approximate surface area is 292 Å². The van der Waals surface area contributed by atoms with Gasteiger partial charge >= 0.3 is 0 Å². The molecule has 11 rings (SSSR count). The molecule has 0 radical (unpaired) electrons. The van der Waals surface area contributed by atoms with Crippen molar-refractivity contribution in [2.24, 2.45) is 0 Å². The van der Waals surface area contributed by atoms with Gasteiger partial charge in [-0.15, -0.1) is 0 Å². The fraction of sp³-hybridized carbons (Fsp3) is 0. The first kappa shape index (κ1) is 28.0. The number of pyridine rings is 1. The number of hydrogen-bond donors (Lipinski definition) is 0. The zero-order chi connectivity index (χ0) is 33.5. The molecule has 0 fully saturated rings. The Morgan fingerprint density at radius 3 is 1.80 bits per heavy atom. The second-order valence-corrected chi connectivity index (χ2v) is 13.1. The molecule has 3 aromatic heterocycles. The first-order valence-electron chi connectivity index (χ1n) is 17.2. The Balaban J connectivity index is 1.28. The smallest absolute Gasteiger partial charge is 0.161 e. The highest BCUT2D eigenvalue weighted by atomic mass is 16.3. The fourth-order valence-corrected chi connectivity index (χ4v) is 7.99. The maximum absolute atomic E-state index is 6.35. The molecule has 4 heteroatoms. The van der Waals surface area contributed by atoms with E-state index in [1.165, 1.54) is 10.8 Å². The summed E-state index contributed by atoms with van der Waals surface area (Å²) in [5.74, 6) is 0.679. The van der Waals surface area contributed by atoms with Crippen LogP contribution in [0, 0.1) is 0 Å². The van der Waals surface area contributed by atoms with Crippen LogP contribution in [0.5, 0.6) is 0 Å². The Morgan fingerprint density at radius 2 is 0.980 bits per heavy atom. The van der Waals surface area contributed by atoms with E-state index in [1.807, 2.05) is 30.5 Å². The van der Waals surface area contributed by atoms with Crippen molar-refractivity contribution in [3.8, 4) is 33.9 Å². The summed E-state index contributed by atoms with van der Waals surface area (Å²) in [5, 5.41) is 12.4. The van der Waals surface area contributed by atoms with Gasteiger partial charge in [-0.3, -0.25) is 4.98 Å². The van der Waals surface area contributed by atoms with E-state index in [2.05, 4.69) is 133 Å². The molecule has 11 aromatic rings. The average Bonchev–Trinajstić information content (AvgIpc) is 3.59. The highest BCUT2D eigenvalue weighted by Gasteiger charge is 2.20. The molecule has 0 spiro atoms. The van der Waals surface area contributed by atoms with Gasteiger partial charge in [-0.25, -0.2) is 9.97 Å². The van der Waals surface area contributed by atoms with Gasteiger partial charge in [0.15, 0.2) is 5.82 Å². The maximum atomic E-state index is 6.35. The number of fused-ring (bicyclic) bond motifs is 11. The van der Waals surface area contributed by atoms with Gasteiger partial charge in [-0.05, 0) is 74.1 Å². The van der Waals surface area contributed by atoms with E-state index in [-0.39, 0.29) is 0 Å². The first-order chi connectivity index (χ1) is 25.3. The molecule has 236 valence electrons. The van der Waals surface area contributed by atoms with Crippen molar-refractivity contribution in [1.29, 1.82) is 0 Å². The largest absolute Gasteiger partial charge is 0.456 e. The van der Waals surface area contributed by atoms with Crippen LogP contribution >= 0.6 is 0 Å². The molecule has 0 aliphatic carbocycles. The van der Waals surface area contributed by atoms with Gasteiger partial charge in [0.2, 0.25) is 0 Å². The summed E-state index contributed by atoms with van der Waals surface area (Å²) in [6.07, 6.45) is 2.01. The lowest BCUT2D eigenvalue weighted by Crippen LogP contribution is -1.98. The standard InChI is InChI=1S/C47H27N3O/c1-2-13-29-28(12-1)24-39(32-16-5-3-14-30(29)32)47-49-42(35-20-11-23-45-46(35)36-19-8-10-22-44(36)51-45)26-43(50-47)38-25-37-34-18-7-9-21-41(34)48-27-40(37)33-17-6-4-15-31(33)38/h1-27H. The minimum absolute atomic E-state index is 0.679. The van der Waals surface area contributed by atoms with Gasteiger partial charge in [-0.2, -0.15) is 0 Å². The minimum atomic E-state index is 0.679. The van der Waals surface area contributed by atoms with Gasteiger partial charge in [0.1, 0.15) is 11.2 Å². The molecule has 51 heavy (non-hydrogen) atoms. The lowest BCUT2D eigenvalue weighted by atomic mass is 9.93. The highest BCUT2D eigenvalue weighted by molar-refractivity contribution is 6.20. The van der Waals surface area contributed by atoms with Gasteiger partial charge in [-0.1, -0.05) is 121 Å². The van der Waals surface area contributed by atoms with Crippen LogP contribution in [-0.4, -0.2) is 15.0 Å². The van der Waals surface area contributed by atoms with Crippen molar-refractivity contribution < 1.29 is 4.42 Å². The van der Waals surface area contributed by atoms with Gasteiger partial charge in [0, 0.05) is 44.4 Å². The Kier molecular flexibility index (Phi) is 5.92. The number of nitrogens with zero attached hydrogens (tertiary/aromatic N) is 3. The predicted octanol–water partition coefficient (Wildman–Crippen LogP) is 12.5. The molecule has 8 aromatic carbocycles. The normalized spacial score (nSPS) is 11.9. The van der Waals surface area contributed by atoms with Crippen molar-refractivity contribution in [2.75, 3.05) is 0 Å². The van der Waals surface area contributed by atoms with Crippen molar-refractivity contribution in [1.82, 2.24) is 15.0 Å². The van der Waals surface area contributed by atoms with E-state index in [0.717, 1.165) is 93.2 Å². The monoisotopic (exact) mass is 649 g/mol. The van der Waals surface area contributed by atoms with E-state index in [4.69, 9.17) is 19.4 Å². The third kappa shape index (κ3) is 4.23. The third-order valence-corrected chi connectivity index (χ3v) is 10.3. The summed E-state index contributed by atoms with van der Waals surface area (Å²) in [5.41, 5.74) is 7.41. The molecule has 0 aliphatic heterocycles. The van der Waals surface area contributed by atoms with Gasteiger partial charge < -0.3 is 4.42 Å². The van der Waals surface area contributed by atoms with Crippen molar-refractivity contribution in [3.63, 3.8) is 0 Å². The van der Waals surface area contributed by atoms with Crippen LogP contribution < -0.4 is 0 Å². The van der Waals surface area contributed by atoms with Crippen molar-refractivity contribution in [3.05, 3.63) is 164 Å². The lowest BCUT2D eigenvalue weighted by Gasteiger charge is -2.15. The van der Waals surface area contributed by atoms with E-state index < -0.39 is 0 Å². The molecule has 0 bridgehead atoms. The number of benzene rings is 8. The molecule has 0 saturated heterocycles. The van der Waals surface area contributed by atoms with Gasteiger partial charge in [0.05, 0.1) is 16.9 Å². The summed E-state index contributed by atoms with van der Waals surface area (Å²) in [7, 11) is 0. The molecular weight excluding hydrogens is 623 g/mol. The molecule has 0 aliphatic rings. The number of hydrogen-bond acceptors (Lipinski definition) is 4. The average molecular weight is 650 g/mol. The predicted molar refractivity (Wildman–Crippen MR) is 211 cm³/mol. The number of aromatic nitrogens is 3. The van der Waals surface area contributed by atoms with Gasteiger partial charge in [0.25, 0.3) is 0 Å². The zero-order valence-corrected chi connectivity index (χ0v) is 27.3. The minimum Gasteiger partial charge on any atom is -0.456 e. The molecule has 0 saturated carbocycles. The van der Waals surface area contributed by atoms with Crippen LogP contribution in [0.1, 0.15) is 0 Å². The summed E-state index contributed by atoms with van der Waals surface area (Å²) in [6.45, 7) is 0. The molecule has 0 N–H and O–H groups in total. The van der Waals surface area contributed by atoms with Crippen LogP contribution in [0.15, 0.2) is 168 Å². The summed E-state index contributed by atoms with van der Waals surface area (Å²) >= 11 is 0. The lowest BCUT2D eigenvalue weighted by molar-refractivity contribution is 0.669. The molecule has 0 amide bonds. The van der Waals surface area contributed by atoms with Crippen LogP contribution in [0.3, 0.4) is 0 Å². The second-order valence-electron chi connectivity index (χ2n) is 13.1. The second kappa shape index (κ2) is 10.8. The van der Waals surface area contributed by atoms with E-state index in [9.17, 15) is 0 Å². The summed E-state index contributed by atoms with van der Waals surface area (Å²) in [4.78, 5) is 15.7. The number of rotatable bonds is 3. The Hall–Kier alpha value is -6.91. The molecule has 4 nitrogen and oxygen atoms in total. The van der Waals surface area contributed by atoms with Crippen LogP contribution in [-0.2, 0) is 0 Å². The van der Waals surface area contributed by atoms with Crippen molar-refractivity contribution in [2.45, 2.75) is 0 Å². The molecule has 0 unspecified atom stereocenters. The summed E-state index contributed by atoms with van der Waals surface area (Å²) < 4.78 is 6.35. The first-order valence-corrected chi connectivity index (χ1v) is 17.2. The van der Waals surface area contributed by atoms with Crippen LogP contribution in [0.4, 0.5) is 0 Å². The quantitative estimate of drug-likeness (QED) is 0.179. The fourth-order valence-electron chi connectivity index (χ4n) is 7.99. The van der Waals surface area contributed by atoms with E-state index in [1.54, 1.807) is 0 Å².